The molecule has 0 unspecified atom stereocenters. The van der Waals surface area contributed by atoms with Crippen molar-refractivity contribution in [1.29, 1.82) is 0 Å². The van der Waals surface area contributed by atoms with Crippen molar-refractivity contribution in [1.82, 2.24) is 0 Å². The number of fused-ring (bicyclic) bond motifs is 5. The first-order valence-electron chi connectivity index (χ1n) is 9.54. The summed E-state index contributed by atoms with van der Waals surface area (Å²) >= 11 is 5.87. The molecule has 9 heteroatoms. The molecular formula is C21H18ClNO6S. The number of benzene rings is 2. The Labute approximate surface area is 178 Å². The van der Waals surface area contributed by atoms with E-state index in [1.807, 2.05) is 0 Å². The van der Waals surface area contributed by atoms with Crippen molar-refractivity contribution in [2.45, 2.75) is 34.8 Å². The average Bonchev–Trinajstić information content (AvgIpc) is 3.41. The van der Waals surface area contributed by atoms with E-state index in [-0.39, 0.29) is 45.3 Å². The second-order valence-corrected chi connectivity index (χ2v) is 10.1. The molecule has 0 spiro atoms. The summed E-state index contributed by atoms with van der Waals surface area (Å²) in [6.07, 6.45) is 1.02. The van der Waals surface area contributed by atoms with Crippen molar-refractivity contribution < 1.29 is 27.5 Å². The van der Waals surface area contributed by atoms with Gasteiger partial charge in [-0.3, -0.25) is 9.59 Å². The number of ether oxygens (including phenoxy) is 2. The summed E-state index contributed by atoms with van der Waals surface area (Å²) in [5, 5.41) is 0.414. The lowest BCUT2D eigenvalue weighted by Gasteiger charge is -2.19. The smallest absolute Gasteiger partial charge is 0.240 e. The molecule has 3 aliphatic heterocycles. The minimum Gasteiger partial charge on any atom is -0.497 e. The van der Waals surface area contributed by atoms with Crippen LogP contribution in [0, 0.1) is 11.8 Å². The van der Waals surface area contributed by atoms with Crippen LogP contribution in [0.3, 0.4) is 0 Å². The Morgan fingerprint density at radius 3 is 2.13 bits per heavy atom. The van der Waals surface area contributed by atoms with Crippen LogP contribution in [-0.4, -0.2) is 39.5 Å². The Morgan fingerprint density at radius 2 is 1.57 bits per heavy atom. The Kier molecular flexibility index (Phi) is 4.43. The van der Waals surface area contributed by atoms with E-state index in [1.165, 1.54) is 49.6 Å². The lowest BCUT2D eigenvalue weighted by molar-refractivity contribution is -0.124. The molecule has 3 fully saturated rings. The number of nitrogens with zero attached hydrogens (tertiary/aromatic N) is 1. The molecule has 156 valence electrons. The minimum absolute atomic E-state index is 0.0495. The summed E-state index contributed by atoms with van der Waals surface area (Å²) in [4.78, 5) is 27.2. The number of carbonyl (C=O) groups is 2. The van der Waals surface area contributed by atoms with Gasteiger partial charge in [0, 0.05) is 11.1 Å². The van der Waals surface area contributed by atoms with Crippen molar-refractivity contribution in [2.24, 2.45) is 11.8 Å². The first-order valence-corrected chi connectivity index (χ1v) is 11.4. The van der Waals surface area contributed by atoms with Gasteiger partial charge in [0.15, 0.2) is 0 Å². The maximum Gasteiger partial charge on any atom is 0.240 e. The van der Waals surface area contributed by atoms with Gasteiger partial charge in [-0.2, -0.15) is 0 Å². The third-order valence-corrected chi connectivity index (χ3v) is 8.08. The summed E-state index contributed by atoms with van der Waals surface area (Å²) < 4.78 is 37.3. The molecule has 2 aromatic carbocycles. The number of sulfone groups is 1. The SMILES string of the molecule is COc1cc(N2C(=O)[C@@H]3[C@H](C2=O)[C@H]2CC[C@H]3O2)cc(S(=O)(=O)c2ccc(Cl)cc2)c1. The van der Waals surface area contributed by atoms with E-state index in [4.69, 9.17) is 21.1 Å². The highest BCUT2D eigenvalue weighted by molar-refractivity contribution is 7.91. The van der Waals surface area contributed by atoms with Crippen LogP contribution in [0.1, 0.15) is 12.8 Å². The molecule has 0 aromatic heterocycles. The normalized spacial score (nSPS) is 27.6. The largest absolute Gasteiger partial charge is 0.497 e. The summed E-state index contributed by atoms with van der Waals surface area (Å²) in [6, 6.07) is 9.99. The number of halogens is 1. The second-order valence-electron chi connectivity index (χ2n) is 7.68. The maximum absolute atomic E-state index is 13.1. The number of methoxy groups -OCH3 is 1. The summed E-state index contributed by atoms with van der Waals surface area (Å²) in [6.45, 7) is 0. The first kappa shape index (κ1) is 19.5. The van der Waals surface area contributed by atoms with E-state index < -0.39 is 21.7 Å². The van der Waals surface area contributed by atoms with E-state index in [2.05, 4.69) is 0 Å². The number of hydrogen-bond donors (Lipinski definition) is 0. The van der Waals surface area contributed by atoms with Gasteiger partial charge in [-0.25, -0.2) is 13.3 Å². The predicted molar refractivity (Wildman–Crippen MR) is 107 cm³/mol. The Hall–Kier alpha value is -2.42. The quantitative estimate of drug-likeness (QED) is 0.669. The first-order chi connectivity index (χ1) is 14.3. The van der Waals surface area contributed by atoms with Crippen LogP contribution in [-0.2, 0) is 24.2 Å². The molecule has 0 saturated carbocycles. The third kappa shape index (κ3) is 2.78. The highest BCUT2D eigenvalue weighted by Gasteiger charge is 2.62. The van der Waals surface area contributed by atoms with Gasteiger partial charge in [-0.05, 0) is 49.2 Å². The number of carbonyl (C=O) groups excluding carboxylic acids is 2. The Morgan fingerprint density at radius 1 is 0.967 bits per heavy atom. The molecular weight excluding hydrogens is 430 g/mol. The molecule has 3 heterocycles. The fourth-order valence-corrected chi connectivity index (χ4v) is 6.11. The van der Waals surface area contributed by atoms with Gasteiger partial charge in [0.25, 0.3) is 0 Å². The Balaban J connectivity index is 1.58. The van der Waals surface area contributed by atoms with Crippen molar-refractivity contribution in [3.05, 3.63) is 47.5 Å². The zero-order valence-corrected chi connectivity index (χ0v) is 17.5. The number of imide groups is 1. The zero-order valence-electron chi connectivity index (χ0n) is 15.9. The van der Waals surface area contributed by atoms with Crippen molar-refractivity contribution >= 4 is 38.9 Å². The van der Waals surface area contributed by atoms with Gasteiger partial charge in [0.2, 0.25) is 21.7 Å². The molecule has 2 bridgehead atoms. The monoisotopic (exact) mass is 447 g/mol. The molecule has 3 aliphatic rings. The lowest BCUT2D eigenvalue weighted by atomic mass is 9.81. The van der Waals surface area contributed by atoms with E-state index in [1.54, 1.807) is 0 Å². The summed E-state index contributed by atoms with van der Waals surface area (Å²) in [7, 11) is -2.52. The zero-order chi connectivity index (χ0) is 21.2. The van der Waals surface area contributed by atoms with Crippen LogP contribution < -0.4 is 9.64 Å². The number of hydrogen-bond acceptors (Lipinski definition) is 6. The molecule has 5 rings (SSSR count). The van der Waals surface area contributed by atoms with Crippen LogP contribution in [0.2, 0.25) is 5.02 Å². The standard InChI is InChI=1S/C21H18ClNO6S/c1-28-13-8-12(9-15(10-13)30(26,27)14-4-2-11(22)3-5-14)23-20(24)18-16-6-7-17(29-16)19(18)21(23)25/h2-5,8-10,16-19H,6-7H2,1H3/t16-,17-,18-,19+/m1/s1. The Bertz CT molecular complexity index is 1130. The van der Waals surface area contributed by atoms with Gasteiger partial charge >= 0.3 is 0 Å². The highest BCUT2D eigenvalue weighted by Crippen LogP contribution is 2.49. The minimum atomic E-state index is -3.92. The summed E-state index contributed by atoms with van der Waals surface area (Å²) in [5.41, 5.74) is 0.186. The molecule has 7 nitrogen and oxygen atoms in total. The molecule has 2 aromatic rings. The molecule has 0 radical (unpaired) electrons. The summed E-state index contributed by atoms with van der Waals surface area (Å²) in [5.74, 6) is -1.46. The number of rotatable bonds is 4. The lowest BCUT2D eigenvalue weighted by Crippen LogP contribution is -2.34. The average molecular weight is 448 g/mol. The van der Waals surface area contributed by atoms with Gasteiger partial charge in [-0.1, -0.05) is 11.6 Å². The molecule has 0 aliphatic carbocycles. The van der Waals surface area contributed by atoms with Crippen LogP contribution in [0.25, 0.3) is 0 Å². The van der Waals surface area contributed by atoms with E-state index in [0.29, 0.717) is 5.02 Å². The van der Waals surface area contributed by atoms with Crippen LogP contribution in [0.5, 0.6) is 5.75 Å². The topological polar surface area (TPSA) is 90.0 Å². The van der Waals surface area contributed by atoms with Crippen molar-refractivity contribution in [3.8, 4) is 5.75 Å². The molecule has 4 atom stereocenters. The van der Waals surface area contributed by atoms with Gasteiger partial charge in [-0.15, -0.1) is 0 Å². The molecule has 2 amide bonds. The maximum atomic E-state index is 13.1. The van der Waals surface area contributed by atoms with E-state index >= 15 is 0 Å². The van der Waals surface area contributed by atoms with Crippen LogP contribution in [0.15, 0.2) is 52.3 Å². The third-order valence-electron chi connectivity index (χ3n) is 6.08. The van der Waals surface area contributed by atoms with E-state index in [9.17, 15) is 18.0 Å². The van der Waals surface area contributed by atoms with E-state index in [0.717, 1.165) is 17.7 Å². The predicted octanol–water partition coefficient (Wildman–Crippen LogP) is 2.85. The molecule has 3 saturated heterocycles. The van der Waals surface area contributed by atoms with Crippen LogP contribution >= 0.6 is 11.6 Å². The van der Waals surface area contributed by atoms with Crippen LogP contribution in [0.4, 0.5) is 5.69 Å². The second kappa shape index (κ2) is 6.80. The fraction of sp³-hybridized carbons (Fsp3) is 0.333. The van der Waals surface area contributed by atoms with Gasteiger partial charge < -0.3 is 9.47 Å². The van der Waals surface area contributed by atoms with Gasteiger partial charge in [0.1, 0.15) is 5.75 Å². The number of anilines is 1. The van der Waals surface area contributed by atoms with Crippen molar-refractivity contribution in [3.63, 3.8) is 0 Å². The number of amides is 2. The van der Waals surface area contributed by atoms with Gasteiger partial charge in [0.05, 0.1) is 46.6 Å². The molecule has 30 heavy (non-hydrogen) atoms. The molecule has 0 N–H and O–H groups in total. The van der Waals surface area contributed by atoms with Crippen molar-refractivity contribution in [2.75, 3.05) is 12.0 Å². The highest BCUT2D eigenvalue weighted by atomic mass is 35.5. The fourth-order valence-electron chi connectivity index (χ4n) is 4.68.